The largest absolute Gasteiger partial charge is 0.468 e. The van der Waals surface area contributed by atoms with Crippen LogP contribution in [-0.2, 0) is 14.3 Å². The van der Waals surface area contributed by atoms with Crippen molar-refractivity contribution in [2.24, 2.45) is 11.8 Å². The molecule has 118 valence electrons. The van der Waals surface area contributed by atoms with Gasteiger partial charge in [-0.15, -0.1) is 0 Å². The van der Waals surface area contributed by atoms with E-state index >= 15 is 0 Å². The molecular weight excluding hydrogens is 254 g/mol. The number of nitrogens with one attached hydrogen (secondary N) is 1. The third-order valence-electron chi connectivity index (χ3n) is 4.71. The Kier molecular flexibility index (Phi) is 6.96. The van der Waals surface area contributed by atoms with Crippen molar-refractivity contribution in [2.45, 2.75) is 65.0 Å². The van der Waals surface area contributed by atoms with E-state index in [-0.39, 0.29) is 5.97 Å². The molecule has 4 heteroatoms. The second-order valence-electron chi connectivity index (χ2n) is 6.36. The summed E-state index contributed by atoms with van der Waals surface area (Å²) in [6, 6.07) is 0. The monoisotopic (exact) mass is 285 g/mol. The summed E-state index contributed by atoms with van der Waals surface area (Å²) >= 11 is 0. The number of esters is 1. The zero-order valence-corrected chi connectivity index (χ0v) is 13.7. The van der Waals surface area contributed by atoms with Crippen LogP contribution in [0, 0.1) is 11.8 Å². The third-order valence-corrected chi connectivity index (χ3v) is 4.71. The second-order valence-corrected chi connectivity index (χ2v) is 6.36. The van der Waals surface area contributed by atoms with Crippen LogP contribution in [0.15, 0.2) is 0 Å². The van der Waals surface area contributed by atoms with Crippen LogP contribution in [-0.4, -0.2) is 37.9 Å². The minimum absolute atomic E-state index is 0.214. The van der Waals surface area contributed by atoms with Crippen molar-refractivity contribution in [3.05, 3.63) is 0 Å². The van der Waals surface area contributed by atoms with E-state index in [1.54, 1.807) is 0 Å². The lowest BCUT2D eigenvalue weighted by Gasteiger charge is -2.33. The summed E-state index contributed by atoms with van der Waals surface area (Å²) in [4.78, 5) is 11.9. The van der Waals surface area contributed by atoms with Gasteiger partial charge in [0.15, 0.2) is 0 Å². The topological polar surface area (TPSA) is 47.6 Å². The molecule has 0 spiro atoms. The van der Waals surface area contributed by atoms with Crippen LogP contribution in [0.1, 0.15) is 53.4 Å². The van der Waals surface area contributed by atoms with Gasteiger partial charge in [-0.25, -0.2) is 0 Å². The fraction of sp³-hybridized carbons (Fsp3) is 0.938. The lowest BCUT2D eigenvalue weighted by atomic mass is 9.80. The summed E-state index contributed by atoms with van der Waals surface area (Å²) in [6.07, 6.45) is 4.52. The summed E-state index contributed by atoms with van der Waals surface area (Å²) < 4.78 is 10.9. The Morgan fingerprint density at radius 1 is 1.30 bits per heavy atom. The van der Waals surface area contributed by atoms with Crippen LogP contribution in [0.25, 0.3) is 0 Å². The van der Waals surface area contributed by atoms with E-state index in [9.17, 15) is 4.79 Å². The molecule has 1 fully saturated rings. The third kappa shape index (κ3) is 4.74. The lowest BCUT2D eigenvalue weighted by Crippen LogP contribution is -2.51. The molecule has 0 aliphatic heterocycles. The van der Waals surface area contributed by atoms with Gasteiger partial charge in [0.1, 0.15) is 5.54 Å². The van der Waals surface area contributed by atoms with E-state index in [0.29, 0.717) is 19.1 Å². The van der Waals surface area contributed by atoms with Crippen LogP contribution in [0.2, 0.25) is 0 Å². The number of ether oxygens (including phenoxy) is 2. The molecule has 0 saturated heterocycles. The first kappa shape index (κ1) is 17.4. The molecule has 1 N–H and O–H groups in total. The quantitative estimate of drug-likeness (QED) is 0.731. The first-order valence-electron chi connectivity index (χ1n) is 7.88. The van der Waals surface area contributed by atoms with Gasteiger partial charge >= 0.3 is 5.97 Å². The standard InChI is InChI=1S/C16H31NO3/c1-6-17-16(4,15(18)19-5)9-10-20-14-8-7-12(2)13(3)11-14/h12-14,17H,6-11H2,1-5H3. The summed E-state index contributed by atoms with van der Waals surface area (Å²) in [5.74, 6) is 1.32. The van der Waals surface area contributed by atoms with Crippen molar-refractivity contribution in [1.82, 2.24) is 5.32 Å². The lowest BCUT2D eigenvalue weighted by molar-refractivity contribution is -0.149. The number of carbonyl (C=O) groups is 1. The molecule has 0 heterocycles. The van der Waals surface area contributed by atoms with Crippen molar-refractivity contribution in [2.75, 3.05) is 20.3 Å². The number of hydrogen-bond donors (Lipinski definition) is 1. The molecule has 1 aliphatic carbocycles. The highest BCUT2D eigenvalue weighted by Crippen LogP contribution is 2.31. The Morgan fingerprint density at radius 2 is 2.00 bits per heavy atom. The van der Waals surface area contributed by atoms with Crippen LogP contribution in [0.3, 0.4) is 0 Å². The van der Waals surface area contributed by atoms with Gasteiger partial charge in [-0.3, -0.25) is 4.79 Å². The molecule has 20 heavy (non-hydrogen) atoms. The van der Waals surface area contributed by atoms with Gasteiger partial charge in [-0.1, -0.05) is 20.8 Å². The van der Waals surface area contributed by atoms with Crippen molar-refractivity contribution in [3.63, 3.8) is 0 Å². The van der Waals surface area contributed by atoms with Gasteiger partial charge in [0.25, 0.3) is 0 Å². The zero-order valence-electron chi connectivity index (χ0n) is 13.7. The molecule has 0 aromatic carbocycles. The molecule has 0 aromatic heterocycles. The fourth-order valence-corrected chi connectivity index (χ4v) is 2.96. The maximum atomic E-state index is 11.9. The van der Waals surface area contributed by atoms with E-state index in [1.807, 2.05) is 13.8 Å². The van der Waals surface area contributed by atoms with Gasteiger partial charge in [-0.2, -0.15) is 0 Å². The highest BCUT2D eigenvalue weighted by atomic mass is 16.5. The Morgan fingerprint density at radius 3 is 2.55 bits per heavy atom. The van der Waals surface area contributed by atoms with Gasteiger partial charge < -0.3 is 14.8 Å². The van der Waals surface area contributed by atoms with E-state index in [2.05, 4.69) is 19.2 Å². The minimum atomic E-state index is -0.642. The zero-order chi connectivity index (χ0) is 15.2. The summed E-state index contributed by atoms with van der Waals surface area (Å²) in [5.41, 5.74) is -0.642. The second kappa shape index (κ2) is 7.99. The van der Waals surface area contributed by atoms with Crippen molar-refractivity contribution < 1.29 is 14.3 Å². The summed E-state index contributed by atoms with van der Waals surface area (Å²) in [5, 5.41) is 3.21. The van der Waals surface area contributed by atoms with E-state index in [0.717, 1.165) is 31.2 Å². The van der Waals surface area contributed by atoms with Crippen molar-refractivity contribution >= 4 is 5.97 Å². The number of carbonyl (C=O) groups excluding carboxylic acids is 1. The number of hydrogen-bond acceptors (Lipinski definition) is 4. The van der Waals surface area contributed by atoms with E-state index in [1.165, 1.54) is 13.5 Å². The molecule has 0 bridgehead atoms. The van der Waals surface area contributed by atoms with Crippen molar-refractivity contribution in [3.8, 4) is 0 Å². The maximum absolute atomic E-state index is 11.9. The minimum Gasteiger partial charge on any atom is -0.468 e. The molecule has 0 aromatic rings. The average Bonchev–Trinajstić information content (AvgIpc) is 2.42. The normalized spacial score (nSPS) is 29.8. The Hall–Kier alpha value is -0.610. The van der Waals surface area contributed by atoms with Crippen LogP contribution >= 0.6 is 0 Å². The molecule has 4 nitrogen and oxygen atoms in total. The Balaban J connectivity index is 2.39. The van der Waals surface area contributed by atoms with Crippen LogP contribution < -0.4 is 5.32 Å². The molecule has 1 aliphatic rings. The Labute approximate surface area is 123 Å². The summed E-state index contributed by atoms with van der Waals surface area (Å²) in [6.45, 7) is 9.84. The predicted molar refractivity (Wildman–Crippen MR) is 80.6 cm³/mol. The molecule has 4 atom stereocenters. The molecule has 1 saturated carbocycles. The van der Waals surface area contributed by atoms with Gasteiger partial charge in [0.2, 0.25) is 0 Å². The molecule has 0 amide bonds. The van der Waals surface area contributed by atoms with Crippen LogP contribution in [0.5, 0.6) is 0 Å². The van der Waals surface area contributed by atoms with Gasteiger partial charge in [0, 0.05) is 6.61 Å². The highest BCUT2D eigenvalue weighted by Gasteiger charge is 2.33. The highest BCUT2D eigenvalue weighted by molar-refractivity contribution is 5.80. The number of methoxy groups -OCH3 is 1. The van der Waals surface area contributed by atoms with E-state index in [4.69, 9.17) is 9.47 Å². The predicted octanol–water partition coefficient (Wildman–Crippen LogP) is 2.76. The van der Waals surface area contributed by atoms with Gasteiger partial charge in [0.05, 0.1) is 13.2 Å². The first-order chi connectivity index (χ1) is 9.42. The molecular formula is C16H31NO3. The SMILES string of the molecule is CCNC(C)(CCOC1CCC(C)C(C)C1)C(=O)OC. The molecule has 0 radical (unpaired) electrons. The number of likely N-dealkylation sites (N-methyl/N-ethyl adjacent to an activating group) is 1. The van der Waals surface area contributed by atoms with Gasteiger partial charge in [-0.05, 0) is 51.0 Å². The van der Waals surface area contributed by atoms with Crippen molar-refractivity contribution in [1.29, 1.82) is 0 Å². The molecule has 1 rings (SSSR count). The Bertz CT molecular complexity index is 308. The summed E-state index contributed by atoms with van der Waals surface area (Å²) in [7, 11) is 1.43. The smallest absolute Gasteiger partial charge is 0.325 e. The van der Waals surface area contributed by atoms with E-state index < -0.39 is 5.54 Å². The molecule has 4 unspecified atom stereocenters. The number of rotatable bonds is 7. The fourth-order valence-electron chi connectivity index (χ4n) is 2.96. The van der Waals surface area contributed by atoms with Crippen LogP contribution in [0.4, 0.5) is 0 Å². The first-order valence-corrected chi connectivity index (χ1v) is 7.88. The maximum Gasteiger partial charge on any atom is 0.325 e. The average molecular weight is 285 g/mol.